The van der Waals surface area contributed by atoms with Crippen molar-refractivity contribution in [2.75, 3.05) is 11.1 Å². The lowest BCUT2D eigenvalue weighted by molar-refractivity contribution is 0.627. The predicted octanol–water partition coefficient (Wildman–Crippen LogP) is 3.78. The molecule has 2 unspecified atom stereocenters. The maximum absolute atomic E-state index is 13.3. The van der Waals surface area contributed by atoms with Crippen molar-refractivity contribution >= 4 is 17.4 Å². The van der Waals surface area contributed by atoms with Crippen LogP contribution in [-0.4, -0.2) is 17.0 Å². The Kier molecular flexibility index (Phi) is 4.48. The number of rotatable bonds is 4. The minimum atomic E-state index is -0.353. The number of thioether (sulfide) groups is 1. The van der Waals surface area contributed by atoms with Crippen molar-refractivity contribution in [1.29, 1.82) is 5.26 Å². The van der Waals surface area contributed by atoms with Gasteiger partial charge >= 0.3 is 0 Å². The largest absolute Gasteiger partial charge is 0.382 e. The van der Waals surface area contributed by atoms with E-state index >= 15 is 0 Å². The third kappa shape index (κ3) is 3.39. The number of nitrogens with zero attached hydrogens (tertiary/aromatic N) is 1. The number of halogens is 1. The molecule has 1 aromatic carbocycles. The molecule has 18 heavy (non-hydrogen) atoms. The molecule has 0 radical (unpaired) electrons. The molecule has 2 rings (SSSR count). The molecule has 2 nitrogen and oxygen atoms in total. The third-order valence-corrected chi connectivity index (χ3v) is 4.42. The molecule has 0 aromatic heterocycles. The number of benzene rings is 1. The van der Waals surface area contributed by atoms with Gasteiger partial charge in [0.25, 0.3) is 0 Å². The fourth-order valence-electron chi connectivity index (χ4n) is 2.43. The molecular weight excluding hydrogens is 247 g/mol. The average Bonchev–Trinajstić information content (AvgIpc) is 2.76. The van der Waals surface area contributed by atoms with Crippen molar-refractivity contribution in [3.63, 3.8) is 0 Å². The molecule has 1 aliphatic carbocycles. The monoisotopic (exact) mass is 264 g/mol. The summed E-state index contributed by atoms with van der Waals surface area (Å²) < 4.78 is 13.3. The van der Waals surface area contributed by atoms with E-state index in [9.17, 15) is 4.39 Å². The van der Waals surface area contributed by atoms with Crippen LogP contribution >= 0.6 is 11.8 Å². The Labute approximate surface area is 112 Å². The molecule has 1 N–H and O–H groups in total. The van der Waals surface area contributed by atoms with Crippen molar-refractivity contribution < 1.29 is 4.39 Å². The molecule has 2 atom stereocenters. The summed E-state index contributed by atoms with van der Waals surface area (Å²) in [6.07, 6.45) is 3.46. The Bertz CT molecular complexity index is 456. The summed E-state index contributed by atoms with van der Waals surface area (Å²) in [6, 6.07) is 6.81. The van der Waals surface area contributed by atoms with Crippen LogP contribution in [0.5, 0.6) is 0 Å². The maximum Gasteiger partial charge on any atom is 0.126 e. The molecule has 4 heteroatoms. The van der Waals surface area contributed by atoms with E-state index in [1.807, 2.05) is 17.8 Å². The Morgan fingerprint density at radius 3 is 3.00 bits per heavy atom. The van der Waals surface area contributed by atoms with E-state index in [-0.39, 0.29) is 5.82 Å². The van der Waals surface area contributed by atoms with Crippen LogP contribution in [0.2, 0.25) is 0 Å². The predicted molar refractivity (Wildman–Crippen MR) is 74.3 cm³/mol. The molecule has 0 saturated heterocycles. The van der Waals surface area contributed by atoms with Gasteiger partial charge in [-0.1, -0.05) is 6.92 Å². The Morgan fingerprint density at radius 2 is 2.28 bits per heavy atom. The molecule has 96 valence electrons. The van der Waals surface area contributed by atoms with Crippen LogP contribution in [0, 0.1) is 17.1 Å². The fourth-order valence-corrected chi connectivity index (χ4v) is 3.57. The normalized spacial score (nSPS) is 22.7. The second-order valence-electron chi connectivity index (χ2n) is 4.57. The minimum Gasteiger partial charge on any atom is -0.382 e. The van der Waals surface area contributed by atoms with Gasteiger partial charge in [-0.25, -0.2) is 4.39 Å². The SMILES string of the molecule is CCSC1CCC(Nc2cc(F)cc(C#N)c2)C1. The summed E-state index contributed by atoms with van der Waals surface area (Å²) in [4.78, 5) is 0. The van der Waals surface area contributed by atoms with Crippen LogP contribution in [0.15, 0.2) is 18.2 Å². The van der Waals surface area contributed by atoms with Gasteiger partial charge in [-0.05, 0) is 43.2 Å². The van der Waals surface area contributed by atoms with Gasteiger partial charge in [-0.2, -0.15) is 17.0 Å². The van der Waals surface area contributed by atoms with E-state index < -0.39 is 0 Å². The minimum absolute atomic E-state index is 0.353. The van der Waals surface area contributed by atoms with Crippen LogP contribution in [0.4, 0.5) is 10.1 Å². The first kappa shape index (κ1) is 13.2. The fraction of sp³-hybridized carbons (Fsp3) is 0.500. The number of anilines is 1. The first-order valence-corrected chi connectivity index (χ1v) is 7.35. The van der Waals surface area contributed by atoms with E-state index in [0.29, 0.717) is 11.6 Å². The zero-order chi connectivity index (χ0) is 13.0. The number of nitrogens with one attached hydrogen (secondary N) is 1. The van der Waals surface area contributed by atoms with Crippen molar-refractivity contribution in [3.05, 3.63) is 29.6 Å². The summed E-state index contributed by atoms with van der Waals surface area (Å²) >= 11 is 2.00. The highest BCUT2D eigenvalue weighted by molar-refractivity contribution is 7.99. The van der Waals surface area contributed by atoms with Crippen molar-refractivity contribution in [2.24, 2.45) is 0 Å². The van der Waals surface area contributed by atoms with Crippen LogP contribution in [0.1, 0.15) is 31.7 Å². The highest BCUT2D eigenvalue weighted by atomic mass is 32.2. The zero-order valence-corrected chi connectivity index (χ0v) is 11.3. The summed E-state index contributed by atoms with van der Waals surface area (Å²) in [5.74, 6) is 0.796. The smallest absolute Gasteiger partial charge is 0.126 e. The molecule has 0 spiro atoms. The molecule has 0 bridgehead atoms. The van der Waals surface area contributed by atoms with Crippen LogP contribution in [-0.2, 0) is 0 Å². The molecule has 1 saturated carbocycles. The van der Waals surface area contributed by atoms with E-state index in [1.54, 1.807) is 6.07 Å². The summed E-state index contributed by atoms with van der Waals surface area (Å²) in [6.45, 7) is 2.18. The van der Waals surface area contributed by atoms with Crippen LogP contribution < -0.4 is 5.32 Å². The highest BCUT2D eigenvalue weighted by Gasteiger charge is 2.24. The second kappa shape index (κ2) is 6.10. The first-order valence-electron chi connectivity index (χ1n) is 6.30. The van der Waals surface area contributed by atoms with Gasteiger partial charge in [0.15, 0.2) is 0 Å². The Balaban J connectivity index is 1.98. The average molecular weight is 264 g/mol. The molecule has 0 amide bonds. The van der Waals surface area contributed by atoms with E-state index in [0.717, 1.165) is 29.5 Å². The molecular formula is C14H17FN2S. The second-order valence-corrected chi connectivity index (χ2v) is 6.15. The van der Waals surface area contributed by atoms with Crippen molar-refractivity contribution in [2.45, 2.75) is 37.5 Å². The Morgan fingerprint density at radius 1 is 1.44 bits per heavy atom. The summed E-state index contributed by atoms with van der Waals surface area (Å²) in [7, 11) is 0. The van der Waals surface area contributed by atoms with E-state index in [4.69, 9.17) is 5.26 Å². The first-order chi connectivity index (χ1) is 8.71. The lowest BCUT2D eigenvalue weighted by Gasteiger charge is -2.14. The standard InChI is InChI=1S/C14H17FN2S/c1-2-18-14-4-3-12(8-14)17-13-6-10(9-16)5-11(15)7-13/h5-7,12,14,17H,2-4,8H2,1H3. The van der Waals surface area contributed by atoms with Gasteiger partial charge in [-0.3, -0.25) is 0 Å². The Hall–Kier alpha value is -1.21. The van der Waals surface area contributed by atoms with Gasteiger partial charge in [0.05, 0.1) is 11.6 Å². The molecule has 1 aliphatic rings. The summed E-state index contributed by atoms with van der Waals surface area (Å²) in [5.41, 5.74) is 1.09. The molecule has 0 heterocycles. The van der Waals surface area contributed by atoms with Gasteiger partial charge in [0.2, 0.25) is 0 Å². The van der Waals surface area contributed by atoms with E-state index in [1.165, 1.54) is 18.6 Å². The summed E-state index contributed by atoms with van der Waals surface area (Å²) in [5, 5.41) is 12.9. The lowest BCUT2D eigenvalue weighted by atomic mass is 10.2. The highest BCUT2D eigenvalue weighted by Crippen LogP contribution is 2.31. The maximum atomic E-state index is 13.3. The number of hydrogen-bond donors (Lipinski definition) is 1. The van der Waals surface area contributed by atoms with Crippen LogP contribution in [0.25, 0.3) is 0 Å². The zero-order valence-electron chi connectivity index (χ0n) is 10.4. The third-order valence-electron chi connectivity index (χ3n) is 3.18. The van der Waals surface area contributed by atoms with E-state index in [2.05, 4.69) is 12.2 Å². The van der Waals surface area contributed by atoms with Crippen molar-refractivity contribution in [1.82, 2.24) is 0 Å². The topological polar surface area (TPSA) is 35.8 Å². The van der Waals surface area contributed by atoms with Gasteiger partial charge in [0, 0.05) is 17.0 Å². The number of hydrogen-bond acceptors (Lipinski definition) is 3. The molecule has 1 fully saturated rings. The van der Waals surface area contributed by atoms with Gasteiger partial charge in [-0.15, -0.1) is 0 Å². The van der Waals surface area contributed by atoms with Gasteiger partial charge in [0.1, 0.15) is 5.82 Å². The van der Waals surface area contributed by atoms with Crippen LogP contribution in [0.3, 0.4) is 0 Å². The quantitative estimate of drug-likeness (QED) is 0.899. The van der Waals surface area contributed by atoms with Crippen molar-refractivity contribution in [3.8, 4) is 6.07 Å². The number of nitriles is 1. The molecule has 0 aliphatic heterocycles. The lowest BCUT2D eigenvalue weighted by Crippen LogP contribution is -2.16. The van der Waals surface area contributed by atoms with Gasteiger partial charge < -0.3 is 5.32 Å². The molecule has 1 aromatic rings.